The molecule has 3 atom stereocenters. The number of ether oxygens (including phenoxy) is 2. The highest BCUT2D eigenvalue weighted by Crippen LogP contribution is 2.12. The van der Waals surface area contributed by atoms with E-state index in [0.29, 0.717) is 18.6 Å². The third-order valence-corrected chi connectivity index (χ3v) is 6.32. The largest absolute Gasteiger partial charge is 0.467 e. The predicted octanol–water partition coefficient (Wildman–Crippen LogP) is 3.10. The number of nitrogens with one attached hydrogen (secondary N) is 3. The Morgan fingerprint density at radius 3 is 2.24 bits per heavy atom. The maximum Gasteiger partial charge on any atom is 0.408 e. The number of benzene rings is 1. The molecule has 0 saturated heterocycles. The van der Waals surface area contributed by atoms with Crippen LogP contribution in [-0.2, 0) is 30.3 Å². The number of unbranched alkanes of at least 4 members (excludes halogenated alkanes) is 2. The van der Waals surface area contributed by atoms with Crippen LogP contribution >= 0.6 is 11.8 Å². The lowest BCUT2D eigenvalue weighted by molar-refractivity contribution is -0.144. The Balaban J connectivity index is 2.98. The fraction of sp³-hybridized carbons (Fsp3) is 0.593. The van der Waals surface area contributed by atoms with Crippen molar-refractivity contribution in [1.82, 2.24) is 16.0 Å². The van der Waals surface area contributed by atoms with Crippen LogP contribution in [0, 0.1) is 11.3 Å². The number of amides is 3. The summed E-state index contributed by atoms with van der Waals surface area (Å²) in [6, 6.07) is 8.41. The number of alkyl carbamates (subject to hydrolysis) is 1. The average Bonchev–Trinajstić information content (AvgIpc) is 2.85. The second-order valence-corrected chi connectivity index (χ2v) is 10.9. The minimum atomic E-state index is -1.00. The van der Waals surface area contributed by atoms with Crippen molar-refractivity contribution in [3.05, 3.63) is 35.9 Å². The van der Waals surface area contributed by atoms with Gasteiger partial charge in [0, 0.05) is 12.8 Å². The molecular formula is C27H40N4O6S. The maximum atomic E-state index is 13.3. The number of hydrogen-bond donors (Lipinski definition) is 3. The van der Waals surface area contributed by atoms with Crippen LogP contribution in [0.4, 0.5) is 4.79 Å². The van der Waals surface area contributed by atoms with E-state index in [1.165, 1.54) is 14.0 Å². The molecule has 1 rings (SSSR count). The first kappa shape index (κ1) is 32.8. The van der Waals surface area contributed by atoms with Crippen molar-refractivity contribution in [3.8, 4) is 6.07 Å². The molecule has 11 heteroatoms. The zero-order chi connectivity index (χ0) is 28.6. The molecule has 10 nitrogen and oxygen atoms in total. The lowest BCUT2D eigenvalue weighted by Gasteiger charge is -2.26. The number of thioether (sulfide) groups is 1. The summed E-state index contributed by atoms with van der Waals surface area (Å²) in [4.78, 5) is 50.7. The molecule has 0 spiro atoms. The van der Waals surface area contributed by atoms with Crippen LogP contribution < -0.4 is 16.0 Å². The van der Waals surface area contributed by atoms with E-state index in [2.05, 4.69) is 26.8 Å². The Kier molecular flexibility index (Phi) is 14.9. The van der Waals surface area contributed by atoms with Gasteiger partial charge in [0.2, 0.25) is 11.8 Å². The van der Waals surface area contributed by atoms with Crippen molar-refractivity contribution in [3.63, 3.8) is 0 Å². The molecule has 0 aliphatic carbocycles. The molecular weight excluding hydrogens is 508 g/mol. The molecule has 0 aliphatic rings. The molecule has 3 N–H and O–H groups in total. The zero-order valence-corrected chi connectivity index (χ0v) is 23.7. The number of nitrogens with zero attached hydrogens (tertiary/aromatic N) is 1. The average molecular weight is 549 g/mol. The van der Waals surface area contributed by atoms with Crippen LogP contribution in [0.5, 0.6) is 0 Å². The third kappa shape index (κ3) is 13.9. The first-order valence-corrected chi connectivity index (χ1v) is 13.8. The normalized spacial score (nSPS) is 13.3. The molecule has 1 aromatic rings. The Labute approximate surface area is 229 Å². The van der Waals surface area contributed by atoms with Crippen molar-refractivity contribution >= 4 is 35.6 Å². The number of methoxy groups -OCH3 is 1. The molecule has 210 valence electrons. The van der Waals surface area contributed by atoms with Gasteiger partial charge in [0.25, 0.3) is 0 Å². The summed E-state index contributed by atoms with van der Waals surface area (Å²) in [5.41, 5.74) is 0.0589. The van der Waals surface area contributed by atoms with E-state index in [-0.39, 0.29) is 6.42 Å². The van der Waals surface area contributed by atoms with Gasteiger partial charge in [-0.3, -0.25) is 9.59 Å². The summed E-state index contributed by atoms with van der Waals surface area (Å²) < 4.78 is 10.0. The first-order chi connectivity index (χ1) is 18.0. The van der Waals surface area contributed by atoms with Crippen molar-refractivity contribution < 1.29 is 28.7 Å². The highest BCUT2D eigenvalue weighted by molar-refractivity contribution is 7.99. The van der Waals surface area contributed by atoms with E-state index in [4.69, 9.17) is 10.00 Å². The summed E-state index contributed by atoms with van der Waals surface area (Å²) >= 11 is 1.62. The smallest absolute Gasteiger partial charge is 0.408 e. The second kappa shape index (κ2) is 17.3. The van der Waals surface area contributed by atoms with Gasteiger partial charge in [0.05, 0.1) is 13.2 Å². The lowest BCUT2D eigenvalue weighted by Crippen LogP contribution is -2.56. The third-order valence-electron chi connectivity index (χ3n) is 5.21. The fourth-order valence-corrected chi connectivity index (χ4v) is 4.33. The second-order valence-electron chi connectivity index (χ2n) is 9.72. The van der Waals surface area contributed by atoms with Crippen LogP contribution in [0.25, 0.3) is 0 Å². The molecule has 0 unspecified atom stereocenters. The van der Waals surface area contributed by atoms with E-state index in [1.807, 2.05) is 30.3 Å². The SMILES string of the molecule is COC(=O)[C@H](C)NC(=O)[C@H](Cc1ccccc1)NC(=O)[C@H](CCSCCCCC#N)NC(=O)OC(C)(C)C. The van der Waals surface area contributed by atoms with Crippen molar-refractivity contribution in [2.75, 3.05) is 18.6 Å². The molecule has 0 aromatic heterocycles. The molecule has 0 fully saturated rings. The molecule has 0 bridgehead atoms. The van der Waals surface area contributed by atoms with Gasteiger partial charge in [0.1, 0.15) is 23.7 Å². The van der Waals surface area contributed by atoms with Gasteiger partial charge in [-0.15, -0.1) is 0 Å². The van der Waals surface area contributed by atoms with E-state index in [0.717, 1.165) is 24.2 Å². The van der Waals surface area contributed by atoms with Gasteiger partial charge in [-0.2, -0.15) is 17.0 Å². The number of carbonyl (C=O) groups is 4. The maximum absolute atomic E-state index is 13.3. The van der Waals surface area contributed by atoms with Crippen LogP contribution in [0.1, 0.15) is 58.9 Å². The minimum absolute atomic E-state index is 0.180. The Hall–Kier alpha value is -3.26. The van der Waals surface area contributed by atoms with Crippen molar-refractivity contribution in [2.45, 2.75) is 83.5 Å². The Morgan fingerprint density at radius 2 is 1.63 bits per heavy atom. The molecule has 38 heavy (non-hydrogen) atoms. The fourth-order valence-electron chi connectivity index (χ4n) is 3.31. The highest BCUT2D eigenvalue weighted by Gasteiger charge is 2.30. The first-order valence-electron chi connectivity index (χ1n) is 12.6. The summed E-state index contributed by atoms with van der Waals surface area (Å²) in [5, 5.41) is 16.6. The van der Waals surface area contributed by atoms with Gasteiger partial charge < -0.3 is 25.4 Å². The predicted molar refractivity (Wildman–Crippen MR) is 146 cm³/mol. The standard InChI is InChI=1S/C27H40N4O6S/c1-19(25(34)36-5)29-24(33)22(18-20-12-8-6-9-13-20)30-23(32)21(31-26(35)37-27(2,3)4)14-17-38-16-11-7-10-15-28/h6,8-9,12-13,19,21-22H,7,10-11,14,16-18H2,1-5H3,(H,29,33)(H,30,32)(H,31,35)/t19-,21-,22-/m0/s1. The van der Waals surface area contributed by atoms with Crippen LogP contribution in [0.3, 0.4) is 0 Å². The minimum Gasteiger partial charge on any atom is -0.467 e. The number of hydrogen-bond acceptors (Lipinski definition) is 8. The van der Waals surface area contributed by atoms with Gasteiger partial charge in [-0.25, -0.2) is 9.59 Å². The molecule has 1 aromatic carbocycles. The molecule has 0 saturated carbocycles. The van der Waals surface area contributed by atoms with Gasteiger partial charge >= 0.3 is 12.1 Å². The summed E-state index contributed by atoms with van der Waals surface area (Å²) in [6.45, 7) is 6.66. The van der Waals surface area contributed by atoms with Crippen molar-refractivity contribution in [2.24, 2.45) is 0 Å². The number of carbonyl (C=O) groups excluding carboxylic acids is 4. The topological polar surface area (TPSA) is 147 Å². The monoisotopic (exact) mass is 548 g/mol. The van der Waals surface area contributed by atoms with Gasteiger partial charge in [-0.1, -0.05) is 30.3 Å². The number of rotatable bonds is 15. The van der Waals surface area contributed by atoms with Crippen molar-refractivity contribution in [1.29, 1.82) is 5.26 Å². The Bertz CT molecular complexity index is 945. The quantitative estimate of drug-likeness (QED) is 0.224. The summed E-state index contributed by atoms with van der Waals surface area (Å²) in [7, 11) is 1.22. The molecule has 0 radical (unpaired) electrons. The summed E-state index contributed by atoms with van der Waals surface area (Å²) in [5.74, 6) is -0.299. The van der Waals surface area contributed by atoms with Crippen LogP contribution in [0.15, 0.2) is 30.3 Å². The zero-order valence-electron chi connectivity index (χ0n) is 22.9. The van der Waals surface area contributed by atoms with E-state index >= 15 is 0 Å². The van der Waals surface area contributed by atoms with E-state index in [1.54, 1.807) is 32.5 Å². The van der Waals surface area contributed by atoms with Crippen LogP contribution in [0.2, 0.25) is 0 Å². The summed E-state index contributed by atoms with van der Waals surface area (Å²) in [6.07, 6.45) is 1.95. The molecule has 3 amide bonds. The van der Waals surface area contributed by atoms with Gasteiger partial charge in [0.15, 0.2) is 0 Å². The Morgan fingerprint density at radius 1 is 0.974 bits per heavy atom. The van der Waals surface area contributed by atoms with Gasteiger partial charge in [-0.05, 0) is 64.0 Å². The highest BCUT2D eigenvalue weighted by atomic mass is 32.2. The van der Waals surface area contributed by atoms with Crippen LogP contribution in [-0.4, -0.2) is 66.2 Å². The molecule has 0 aliphatic heterocycles. The lowest BCUT2D eigenvalue weighted by atomic mass is 10.0. The molecule has 0 heterocycles. The van der Waals surface area contributed by atoms with E-state index < -0.39 is 47.6 Å². The number of nitriles is 1. The number of esters is 1. The van der Waals surface area contributed by atoms with E-state index in [9.17, 15) is 19.2 Å².